The van der Waals surface area contributed by atoms with E-state index in [9.17, 15) is 10.0 Å². The topological polar surface area (TPSA) is 47.2 Å². The number of rotatable bonds is 3. The van der Waals surface area contributed by atoms with Crippen molar-refractivity contribution in [1.29, 1.82) is 0 Å². The lowest BCUT2D eigenvalue weighted by Gasteiger charge is -2.17. The van der Waals surface area contributed by atoms with E-state index in [0.29, 0.717) is 26.9 Å². The molecule has 0 fully saturated rings. The van der Waals surface area contributed by atoms with Gasteiger partial charge in [0.25, 0.3) is 5.91 Å². The zero-order valence-corrected chi connectivity index (χ0v) is 12.2. The van der Waals surface area contributed by atoms with Crippen molar-refractivity contribution in [2.24, 2.45) is 0 Å². The summed E-state index contributed by atoms with van der Waals surface area (Å²) in [6.45, 7) is 0.405. The van der Waals surface area contributed by atoms with E-state index in [2.05, 4.69) is 0 Å². The highest BCUT2D eigenvalue weighted by atomic mass is 35.5. The number of hydrogen-bond donors (Lipinski definition) is 0. The van der Waals surface area contributed by atoms with E-state index in [1.54, 1.807) is 24.1 Å². The molecule has 2 rings (SSSR count). The molecule has 20 heavy (non-hydrogen) atoms. The molecule has 0 unspecified atom stereocenters. The van der Waals surface area contributed by atoms with Crippen molar-refractivity contribution < 1.29 is 9.52 Å². The Morgan fingerprint density at radius 3 is 2.45 bits per heavy atom. The monoisotopic (exact) mass is 310 g/mol. The third-order valence-electron chi connectivity index (χ3n) is 2.80. The number of amides is 1. The Hall–Kier alpha value is -1.78. The van der Waals surface area contributed by atoms with Crippen LogP contribution in [0.5, 0.6) is 0 Å². The van der Waals surface area contributed by atoms with Crippen LogP contribution in [0.15, 0.2) is 42.7 Å². The Kier molecular flexibility index (Phi) is 4.47. The van der Waals surface area contributed by atoms with Crippen molar-refractivity contribution in [2.45, 2.75) is 6.54 Å². The van der Waals surface area contributed by atoms with E-state index < -0.39 is 0 Å². The fourth-order valence-corrected chi connectivity index (χ4v) is 2.08. The van der Waals surface area contributed by atoms with Crippen molar-refractivity contribution in [3.8, 4) is 0 Å². The van der Waals surface area contributed by atoms with Crippen LogP contribution >= 0.6 is 23.2 Å². The molecule has 0 saturated carbocycles. The van der Waals surface area contributed by atoms with Gasteiger partial charge in [-0.3, -0.25) is 4.79 Å². The lowest BCUT2D eigenvalue weighted by Crippen LogP contribution is -2.29. The standard InChI is InChI=1S/C14H12Cl2N2O2/c1-17(9-10-2-3-12(15)13(16)8-10)14(19)11-4-6-18(20)7-5-11/h2-8H,9H2,1H3. The molecule has 0 saturated heterocycles. The van der Waals surface area contributed by atoms with Gasteiger partial charge in [-0.05, 0) is 17.7 Å². The number of pyridine rings is 1. The Labute approximate surface area is 126 Å². The second-order valence-electron chi connectivity index (χ2n) is 4.36. The van der Waals surface area contributed by atoms with Crippen LogP contribution < -0.4 is 4.73 Å². The summed E-state index contributed by atoms with van der Waals surface area (Å²) in [4.78, 5) is 13.7. The summed E-state index contributed by atoms with van der Waals surface area (Å²) in [5.41, 5.74) is 1.34. The maximum Gasteiger partial charge on any atom is 0.254 e. The first-order valence-electron chi connectivity index (χ1n) is 5.85. The SMILES string of the molecule is CN(Cc1ccc(Cl)c(Cl)c1)C(=O)c1cc[n+]([O-])cc1. The highest BCUT2D eigenvalue weighted by Gasteiger charge is 2.13. The Morgan fingerprint density at radius 1 is 1.20 bits per heavy atom. The molecular weight excluding hydrogens is 299 g/mol. The summed E-state index contributed by atoms with van der Waals surface area (Å²) >= 11 is 11.8. The minimum absolute atomic E-state index is 0.170. The van der Waals surface area contributed by atoms with Crippen LogP contribution in [-0.2, 0) is 6.54 Å². The van der Waals surface area contributed by atoms with Crippen molar-refractivity contribution in [2.75, 3.05) is 7.05 Å². The second kappa shape index (κ2) is 6.11. The normalized spacial score (nSPS) is 10.3. The predicted molar refractivity (Wildman–Crippen MR) is 77.7 cm³/mol. The molecule has 0 bridgehead atoms. The number of hydrogen-bond acceptors (Lipinski definition) is 2. The highest BCUT2D eigenvalue weighted by molar-refractivity contribution is 6.42. The molecule has 0 aliphatic heterocycles. The van der Waals surface area contributed by atoms with Gasteiger partial charge in [0.05, 0.1) is 15.6 Å². The van der Waals surface area contributed by atoms with Crippen molar-refractivity contribution in [3.63, 3.8) is 0 Å². The summed E-state index contributed by atoms with van der Waals surface area (Å²) in [5.74, 6) is -0.170. The number of benzene rings is 1. The second-order valence-corrected chi connectivity index (χ2v) is 5.17. The number of carbonyl (C=O) groups excluding carboxylic acids is 1. The molecule has 0 spiro atoms. The lowest BCUT2D eigenvalue weighted by molar-refractivity contribution is -0.605. The van der Waals surface area contributed by atoms with E-state index in [4.69, 9.17) is 23.2 Å². The molecule has 0 radical (unpaired) electrons. The average Bonchev–Trinajstić information content (AvgIpc) is 2.43. The fraction of sp³-hybridized carbons (Fsp3) is 0.143. The highest BCUT2D eigenvalue weighted by Crippen LogP contribution is 2.23. The summed E-state index contributed by atoms with van der Waals surface area (Å²) in [6.07, 6.45) is 2.58. The summed E-state index contributed by atoms with van der Waals surface area (Å²) < 4.78 is 0.635. The van der Waals surface area contributed by atoms with Crippen LogP contribution in [0.25, 0.3) is 0 Å². The molecule has 0 N–H and O–H groups in total. The lowest BCUT2D eigenvalue weighted by atomic mass is 10.2. The van der Waals surface area contributed by atoms with Gasteiger partial charge in [-0.25, -0.2) is 0 Å². The average molecular weight is 311 g/mol. The maximum absolute atomic E-state index is 12.2. The number of halogens is 2. The first kappa shape index (κ1) is 14.6. The van der Waals surface area contributed by atoms with Gasteiger partial charge < -0.3 is 10.1 Å². The smallest absolute Gasteiger partial charge is 0.254 e. The molecular formula is C14H12Cl2N2O2. The molecule has 0 aliphatic carbocycles. The molecule has 1 aromatic carbocycles. The van der Waals surface area contributed by atoms with Crippen molar-refractivity contribution >= 4 is 29.1 Å². The molecule has 6 heteroatoms. The van der Waals surface area contributed by atoms with E-state index in [0.717, 1.165) is 5.56 Å². The van der Waals surface area contributed by atoms with Gasteiger partial charge in [0.1, 0.15) is 0 Å². The van der Waals surface area contributed by atoms with Gasteiger partial charge >= 0.3 is 0 Å². The number of carbonyl (C=O) groups is 1. The van der Waals surface area contributed by atoms with Crippen LogP contribution in [-0.4, -0.2) is 17.9 Å². The summed E-state index contributed by atoms with van der Waals surface area (Å²) in [6, 6.07) is 8.21. The minimum atomic E-state index is -0.170. The van der Waals surface area contributed by atoms with Crippen LogP contribution in [0.4, 0.5) is 0 Å². The number of aromatic nitrogens is 1. The van der Waals surface area contributed by atoms with Gasteiger partial charge in [-0.15, -0.1) is 0 Å². The molecule has 1 heterocycles. The molecule has 1 amide bonds. The van der Waals surface area contributed by atoms with E-state index in [-0.39, 0.29) is 5.91 Å². The van der Waals surface area contributed by atoms with Gasteiger partial charge in [-0.1, -0.05) is 29.3 Å². The zero-order chi connectivity index (χ0) is 14.7. The fourth-order valence-electron chi connectivity index (χ4n) is 1.76. The first-order chi connectivity index (χ1) is 9.47. The van der Waals surface area contributed by atoms with Crippen LogP contribution in [0.1, 0.15) is 15.9 Å². The predicted octanol–water partition coefficient (Wildman–Crippen LogP) is 2.90. The van der Waals surface area contributed by atoms with E-state index >= 15 is 0 Å². The summed E-state index contributed by atoms with van der Waals surface area (Å²) in [5, 5.41) is 11.9. The van der Waals surface area contributed by atoms with Gasteiger partial charge in [0, 0.05) is 25.7 Å². The van der Waals surface area contributed by atoms with E-state index in [1.165, 1.54) is 24.5 Å². The van der Waals surface area contributed by atoms with Gasteiger partial charge in [-0.2, -0.15) is 4.73 Å². The Balaban J connectivity index is 2.11. The summed E-state index contributed by atoms with van der Waals surface area (Å²) in [7, 11) is 1.68. The third kappa shape index (κ3) is 3.40. The van der Waals surface area contributed by atoms with Crippen molar-refractivity contribution in [1.82, 2.24) is 4.90 Å². The number of nitrogens with zero attached hydrogens (tertiary/aromatic N) is 2. The van der Waals surface area contributed by atoms with Crippen LogP contribution in [0, 0.1) is 5.21 Å². The molecule has 0 atom stereocenters. The molecule has 0 aliphatic rings. The zero-order valence-electron chi connectivity index (χ0n) is 10.7. The van der Waals surface area contributed by atoms with Crippen LogP contribution in [0.2, 0.25) is 10.0 Å². The molecule has 104 valence electrons. The van der Waals surface area contributed by atoms with Gasteiger partial charge in [0.15, 0.2) is 12.4 Å². The third-order valence-corrected chi connectivity index (χ3v) is 3.54. The van der Waals surface area contributed by atoms with Crippen LogP contribution in [0.3, 0.4) is 0 Å². The minimum Gasteiger partial charge on any atom is -0.619 e. The molecule has 1 aromatic heterocycles. The van der Waals surface area contributed by atoms with E-state index in [1.807, 2.05) is 6.07 Å². The molecule has 2 aromatic rings. The van der Waals surface area contributed by atoms with Gasteiger partial charge in [0.2, 0.25) is 0 Å². The first-order valence-corrected chi connectivity index (χ1v) is 6.61. The molecule has 4 nitrogen and oxygen atoms in total. The van der Waals surface area contributed by atoms with Crippen molar-refractivity contribution in [3.05, 3.63) is 69.1 Å². The quantitative estimate of drug-likeness (QED) is 0.646. The maximum atomic E-state index is 12.2. The Bertz CT molecular complexity index is 630. The largest absolute Gasteiger partial charge is 0.619 e. The Morgan fingerprint density at radius 2 is 1.85 bits per heavy atom.